The lowest BCUT2D eigenvalue weighted by molar-refractivity contribution is 0.147. The highest BCUT2D eigenvalue weighted by molar-refractivity contribution is 5.46. The lowest BCUT2D eigenvalue weighted by Gasteiger charge is -2.35. The number of benzene rings is 2. The van der Waals surface area contributed by atoms with Crippen LogP contribution < -0.4 is 4.90 Å². The largest absolute Gasteiger partial charge is 0.371 e. The van der Waals surface area contributed by atoms with Crippen molar-refractivity contribution in [3.63, 3.8) is 0 Å². The van der Waals surface area contributed by atoms with Gasteiger partial charge in [0.05, 0.1) is 0 Å². The maximum atomic E-state index is 2.63. The van der Waals surface area contributed by atoms with Crippen LogP contribution in [0.2, 0.25) is 0 Å². The second kappa shape index (κ2) is 7.40. The van der Waals surface area contributed by atoms with Crippen molar-refractivity contribution in [2.75, 3.05) is 31.1 Å². The van der Waals surface area contributed by atoms with Gasteiger partial charge in [0, 0.05) is 25.3 Å². The number of para-hydroxylation sites is 1. The molecule has 126 valence electrons. The Bertz CT molecular complexity index is 617. The molecule has 2 aliphatic rings. The summed E-state index contributed by atoms with van der Waals surface area (Å²) in [6.07, 6.45) is 4.12. The second-order valence-corrected chi connectivity index (χ2v) is 7.43. The number of likely N-dealkylation sites (tertiary alicyclic amines) is 1. The normalized spacial score (nSPS) is 22.8. The lowest BCUT2D eigenvalue weighted by atomic mass is 9.83. The number of hydrogen-bond acceptors (Lipinski definition) is 2. The molecule has 0 bridgehead atoms. The van der Waals surface area contributed by atoms with Gasteiger partial charge in [-0.3, -0.25) is 4.90 Å². The summed E-state index contributed by atoms with van der Waals surface area (Å²) in [5.74, 6) is 1.81. The molecular formula is C22H28N2. The third-order valence-corrected chi connectivity index (χ3v) is 5.89. The first kappa shape index (κ1) is 15.7. The van der Waals surface area contributed by atoms with Crippen molar-refractivity contribution in [3.05, 3.63) is 66.2 Å². The first-order valence-corrected chi connectivity index (χ1v) is 9.45. The molecule has 1 atom stereocenters. The predicted octanol–water partition coefficient (Wildman–Crippen LogP) is 4.43. The molecule has 0 aromatic heterocycles. The Morgan fingerprint density at radius 2 is 1.33 bits per heavy atom. The van der Waals surface area contributed by atoms with Gasteiger partial charge in [-0.05, 0) is 61.9 Å². The van der Waals surface area contributed by atoms with Gasteiger partial charge in [-0.25, -0.2) is 0 Å². The first-order valence-electron chi connectivity index (χ1n) is 9.45. The van der Waals surface area contributed by atoms with E-state index in [2.05, 4.69) is 70.5 Å². The molecule has 2 fully saturated rings. The van der Waals surface area contributed by atoms with Crippen LogP contribution in [0.15, 0.2) is 60.7 Å². The summed E-state index contributed by atoms with van der Waals surface area (Å²) in [6, 6.07) is 21.8. The maximum absolute atomic E-state index is 2.63. The molecule has 2 nitrogen and oxygen atoms in total. The molecule has 1 unspecified atom stereocenters. The highest BCUT2D eigenvalue weighted by Gasteiger charge is 2.31. The van der Waals surface area contributed by atoms with Crippen LogP contribution in [-0.2, 0) is 6.54 Å². The zero-order valence-electron chi connectivity index (χ0n) is 14.5. The van der Waals surface area contributed by atoms with E-state index >= 15 is 0 Å². The molecule has 2 heterocycles. The van der Waals surface area contributed by atoms with Crippen molar-refractivity contribution >= 4 is 5.69 Å². The average molecular weight is 320 g/mol. The van der Waals surface area contributed by atoms with E-state index in [4.69, 9.17) is 0 Å². The fraction of sp³-hybridized carbons (Fsp3) is 0.455. The molecule has 0 N–H and O–H groups in total. The van der Waals surface area contributed by atoms with Crippen molar-refractivity contribution in [2.45, 2.75) is 25.8 Å². The molecule has 2 aliphatic heterocycles. The Kier molecular flexibility index (Phi) is 4.84. The third kappa shape index (κ3) is 3.64. The summed E-state index contributed by atoms with van der Waals surface area (Å²) in [5.41, 5.74) is 2.86. The highest BCUT2D eigenvalue weighted by Crippen LogP contribution is 2.34. The fourth-order valence-electron chi connectivity index (χ4n) is 4.47. The molecule has 4 rings (SSSR count). The first-order chi connectivity index (χ1) is 11.9. The topological polar surface area (TPSA) is 6.48 Å². The average Bonchev–Trinajstić information content (AvgIpc) is 3.14. The molecule has 2 aromatic rings. The minimum absolute atomic E-state index is 0.893. The molecule has 0 radical (unpaired) electrons. The number of piperidine rings is 1. The summed E-state index contributed by atoms with van der Waals surface area (Å²) >= 11 is 0. The van der Waals surface area contributed by atoms with Crippen molar-refractivity contribution in [2.24, 2.45) is 11.8 Å². The van der Waals surface area contributed by atoms with Gasteiger partial charge in [0.15, 0.2) is 0 Å². The van der Waals surface area contributed by atoms with E-state index < -0.39 is 0 Å². The van der Waals surface area contributed by atoms with Gasteiger partial charge in [-0.1, -0.05) is 48.5 Å². The summed E-state index contributed by atoms with van der Waals surface area (Å²) in [7, 11) is 0. The molecular weight excluding hydrogens is 292 g/mol. The third-order valence-electron chi connectivity index (χ3n) is 5.89. The van der Waals surface area contributed by atoms with Crippen LogP contribution in [0.4, 0.5) is 5.69 Å². The quantitative estimate of drug-likeness (QED) is 0.822. The predicted molar refractivity (Wildman–Crippen MR) is 101 cm³/mol. The molecule has 0 spiro atoms. The van der Waals surface area contributed by atoms with Gasteiger partial charge in [-0.2, -0.15) is 0 Å². The lowest BCUT2D eigenvalue weighted by Crippen LogP contribution is -2.36. The molecule has 2 saturated heterocycles. The standard InChI is InChI=1S/C22H28N2/c1-3-7-19(8-4-1)17-23-14-11-20(12-15-23)21-13-16-24(18-21)22-9-5-2-6-10-22/h1-10,20-21H,11-18H2. The van der Waals surface area contributed by atoms with Crippen molar-refractivity contribution in [1.82, 2.24) is 4.90 Å². The van der Waals surface area contributed by atoms with E-state index in [9.17, 15) is 0 Å². The minimum atomic E-state index is 0.893. The zero-order valence-corrected chi connectivity index (χ0v) is 14.5. The van der Waals surface area contributed by atoms with Crippen molar-refractivity contribution in [3.8, 4) is 0 Å². The summed E-state index contributed by atoms with van der Waals surface area (Å²) < 4.78 is 0. The summed E-state index contributed by atoms with van der Waals surface area (Å²) in [5, 5.41) is 0. The van der Waals surface area contributed by atoms with E-state index in [1.807, 2.05) is 0 Å². The molecule has 2 heteroatoms. The van der Waals surface area contributed by atoms with Gasteiger partial charge in [-0.15, -0.1) is 0 Å². The van der Waals surface area contributed by atoms with Gasteiger partial charge in [0.2, 0.25) is 0 Å². The van der Waals surface area contributed by atoms with Crippen molar-refractivity contribution < 1.29 is 0 Å². The number of rotatable bonds is 4. The van der Waals surface area contributed by atoms with Gasteiger partial charge < -0.3 is 4.90 Å². The van der Waals surface area contributed by atoms with E-state index in [1.54, 1.807) is 0 Å². The zero-order chi connectivity index (χ0) is 16.2. The fourth-order valence-corrected chi connectivity index (χ4v) is 4.47. The van der Waals surface area contributed by atoms with Crippen molar-refractivity contribution in [1.29, 1.82) is 0 Å². The molecule has 0 amide bonds. The number of anilines is 1. The summed E-state index contributed by atoms with van der Waals surface area (Å²) in [6.45, 7) is 6.14. The molecule has 0 saturated carbocycles. The Labute approximate surface area is 146 Å². The van der Waals surface area contributed by atoms with Crippen LogP contribution in [0, 0.1) is 11.8 Å². The highest BCUT2D eigenvalue weighted by atomic mass is 15.2. The van der Waals surface area contributed by atoms with Gasteiger partial charge >= 0.3 is 0 Å². The molecule has 0 aliphatic carbocycles. The smallest absolute Gasteiger partial charge is 0.0366 e. The van der Waals surface area contributed by atoms with Crippen LogP contribution in [0.3, 0.4) is 0 Å². The van der Waals surface area contributed by atoms with Gasteiger partial charge in [0.1, 0.15) is 0 Å². The summed E-state index contributed by atoms with van der Waals surface area (Å²) in [4.78, 5) is 5.22. The Morgan fingerprint density at radius 3 is 2.04 bits per heavy atom. The van der Waals surface area contributed by atoms with Crippen LogP contribution in [-0.4, -0.2) is 31.1 Å². The number of nitrogens with zero attached hydrogens (tertiary/aromatic N) is 2. The van der Waals surface area contributed by atoms with E-state index in [0.717, 1.165) is 18.4 Å². The second-order valence-electron chi connectivity index (χ2n) is 7.43. The minimum Gasteiger partial charge on any atom is -0.371 e. The monoisotopic (exact) mass is 320 g/mol. The van der Waals surface area contributed by atoms with Crippen LogP contribution in [0.1, 0.15) is 24.8 Å². The molecule has 2 aromatic carbocycles. The number of hydrogen-bond donors (Lipinski definition) is 0. The molecule has 24 heavy (non-hydrogen) atoms. The van der Waals surface area contributed by atoms with Crippen LogP contribution >= 0.6 is 0 Å². The maximum Gasteiger partial charge on any atom is 0.0366 e. The van der Waals surface area contributed by atoms with Gasteiger partial charge in [0.25, 0.3) is 0 Å². The Hall–Kier alpha value is -1.80. The van der Waals surface area contributed by atoms with E-state index in [0.29, 0.717) is 0 Å². The van der Waals surface area contributed by atoms with E-state index in [-0.39, 0.29) is 0 Å². The van der Waals surface area contributed by atoms with Crippen LogP contribution in [0.5, 0.6) is 0 Å². The Morgan fingerprint density at radius 1 is 0.708 bits per heavy atom. The van der Waals surface area contributed by atoms with Crippen LogP contribution in [0.25, 0.3) is 0 Å². The SMILES string of the molecule is c1ccc(CN2CCC(C3CCN(c4ccccc4)C3)CC2)cc1. The van der Waals surface area contributed by atoms with E-state index in [1.165, 1.54) is 56.7 Å². The Balaban J connectivity index is 1.27.